The molecule has 1 unspecified atom stereocenters. The number of carbonyl (C=O) groups is 2. The van der Waals surface area contributed by atoms with Gasteiger partial charge in [0.2, 0.25) is 5.91 Å². The molecule has 1 fully saturated rings. The minimum atomic E-state index is -0.941. The molecule has 1 aliphatic heterocycles. The Morgan fingerprint density at radius 3 is 2.61 bits per heavy atom. The van der Waals surface area contributed by atoms with E-state index < -0.39 is 23.0 Å². The highest BCUT2D eigenvalue weighted by atomic mass is 32.2. The Bertz CT molecular complexity index is 994. The van der Waals surface area contributed by atoms with Crippen LogP contribution in [0.2, 0.25) is 0 Å². The molecule has 2 radical (unpaired) electrons. The molecule has 10 nitrogen and oxygen atoms in total. The summed E-state index contributed by atoms with van der Waals surface area (Å²) in [6.07, 6.45) is 0.845. The lowest BCUT2D eigenvalue weighted by atomic mass is 9.78. The average molecular weight is 468 g/mol. The van der Waals surface area contributed by atoms with Crippen LogP contribution in [0.3, 0.4) is 0 Å². The number of amides is 2. The molecule has 33 heavy (non-hydrogen) atoms. The summed E-state index contributed by atoms with van der Waals surface area (Å²) in [5.41, 5.74) is 1.12. The number of imidazole rings is 1. The molecule has 0 spiro atoms. The van der Waals surface area contributed by atoms with Crippen LogP contribution in [0.25, 0.3) is 0 Å². The second-order valence-electron chi connectivity index (χ2n) is 8.46. The van der Waals surface area contributed by atoms with Gasteiger partial charge in [-0.05, 0) is 28.0 Å². The van der Waals surface area contributed by atoms with E-state index in [2.05, 4.69) is 31.1 Å². The lowest BCUT2D eigenvalue weighted by molar-refractivity contribution is -0.397. The van der Waals surface area contributed by atoms with Gasteiger partial charge in [0, 0.05) is 14.1 Å². The van der Waals surface area contributed by atoms with Crippen molar-refractivity contribution in [1.82, 2.24) is 14.9 Å². The Kier molecular flexibility index (Phi) is 8.12. The van der Waals surface area contributed by atoms with Crippen LogP contribution in [0.15, 0.2) is 36.7 Å². The molecule has 3 rings (SSSR count). The van der Waals surface area contributed by atoms with Gasteiger partial charge < -0.3 is 19.6 Å². The van der Waals surface area contributed by atoms with Gasteiger partial charge in [-0.15, -0.1) is 0 Å². The summed E-state index contributed by atoms with van der Waals surface area (Å²) in [7, 11) is 3.88. The number of carbonyl (C=O) groups excluding carboxylic acids is 2. The monoisotopic (exact) mass is 468 g/mol. The number of alkyl carbamates (subject to hydrolysis) is 1. The number of aromatic nitrogens is 2. The minimum absolute atomic E-state index is 0.0109. The molecule has 2 heterocycles. The standard InChI is InChI=1S/C19H23B3N4O6S/c1-19(2,3)13-4-6-14(7-5-13)31-11-15(10-25-9-8-23-17(25)26(29)30)32-18(28)24-16(27)12-33-22-20-21-22/h4-9,15H,10-12H2,1-3H3,(H,24,27,28). The van der Waals surface area contributed by atoms with Crippen LogP contribution in [-0.4, -0.2) is 64.8 Å². The van der Waals surface area contributed by atoms with E-state index in [9.17, 15) is 19.7 Å². The molecule has 0 saturated carbocycles. The maximum absolute atomic E-state index is 12.2. The molecule has 0 aliphatic carbocycles. The van der Waals surface area contributed by atoms with Gasteiger partial charge in [0.1, 0.15) is 37.1 Å². The molecule has 1 aliphatic rings. The van der Waals surface area contributed by atoms with Gasteiger partial charge in [-0.2, -0.15) is 0 Å². The predicted octanol–water partition coefficient (Wildman–Crippen LogP) is 1.84. The first kappa shape index (κ1) is 24.8. The van der Waals surface area contributed by atoms with Crippen LogP contribution in [0.5, 0.6) is 5.75 Å². The van der Waals surface area contributed by atoms with Gasteiger partial charge in [0.05, 0.1) is 5.75 Å². The molecule has 2 amide bonds. The molecule has 1 aromatic carbocycles. The summed E-state index contributed by atoms with van der Waals surface area (Å²) < 4.78 is 12.4. The summed E-state index contributed by atoms with van der Waals surface area (Å²) in [5, 5.41) is 13.3. The van der Waals surface area contributed by atoms with Gasteiger partial charge in [-0.25, -0.2) is 21.0 Å². The van der Waals surface area contributed by atoms with Gasteiger partial charge in [-0.1, -0.05) is 37.9 Å². The predicted molar refractivity (Wildman–Crippen MR) is 128 cm³/mol. The zero-order valence-electron chi connectivity index (χ0n) is 18.6. The smallest absolute Gasteiger partial charge is 0.434 e. The van der Waals surface area contributed by atoms with Crippen molar-refractivity contribution >= 4 is 49.5 Å². The number of hydrogen-bond acceptors (Lipinski definition) is 8. The van der Waals surface area contributed by atoms with Crippen molar-refractivity contribution < 1.29 is 24.0 Å². The highest BCUT2D eigenvalue weighted by Crippen LogP contribution is 2.24. The van der Waals surface area contributed by atoms with E-state index in [0.717, 1.165) is 5.56 Å². The Labute approximate surface area is 197 Å². The van der Waals surface area contributed by atoms with Gasteiger partial charge in [0.25, 0.3) is 0 Å². The van der Waals surface area contributed by atoms with E-state index in [1.165, 1.54) is 28.6 Å². The Hall–Kier alpha value is -2.89. The number of hydrogen-bond donors (Lipinski definition) is 1. The fourth-order valence-corrected chi connectivity index (χ4v) is 3.59. The Balaban J connectivity index is 1.62. The number of benzene rings is 1. The van der Waals surface area contributed by atoms with Crippen molar-refractivity contribution in [2.75, 3.05) is 12.4 Å². The van der Waals surface area contributed by atoms with E-state index >= 15 is 0 Å². The molecular formula is C19H23B3N4O6S. The molecule has 2 aromatic rings. The molecule has 170 valence electrons. The number of nitrogens with one attached hydrogen (secondary N) is 1. The summed E-state index contributed by atoms with van der Waals surface area (Å²) in [5.74, 6) is 0.0368. The number of nitrogens with zero attached hydrogens (tertiary/aromatic N) is 3. The molecule has 1 N–H and O–H groups in total. The molecule has 1 aromatic heterocycles. The average Bonchev–Trinajstić information content (AvgIpc) is 3.46. The van der Waals surface area contributed by atoms with Gasteiger partial charge in [0.15, 0.2) is 6.10 Å². The van der Waals surface area contributed by atoms with E-state index in [1.807, 2.05) is 38.4 Å². The molecule has 1 saturated heterocycles. The number of nitro groups is 1. The van der Waals surface area contributed by atoms with Gasteiger partial charge >= 0.3 is 12.0 Å². The lowest BCUT2D eigenvalue weighted by Gasteiger charge is -2.20. The summed E-state index contributed by atoms with van der Waals surface area (Å²) in [6, 6.07) is 7.52. The first-order valence-corrected chi connectivity index (χ1v) is 11.4. The number of rotatable bonds is 10. The van der Waals surface area contributed by atoms with Crippen LogP contribution in [0, 0.1) is 10.1 Å². The number of ether oxygens (including phenoxy) is 2. The molecular weight excluding hydrogens is 445 g/mol. The zero-order chi connectivity index (χ0) is 24.0. The molecule has 1 atom stereocenters. The topological polar surface area (TPSA) is 126 Å². The third-order valence-electron chi connectivity index (χ3n) is 4.69. The quantitative estimate of drug-likeness (QED) is 0.318. The summed E-state index contributed by atoms with van der Waals surface area (Å²) in [6.45, 7) is 6.16. The van der Waals surface area contributed by atoms with Crippen molar-refractivity contribution in [3.05, 3.63) is 52.3 Å². The Morgan fingerprint density at radius 1 is 1.30 bits per heavy atom. The van der Waals surface area contributed by atoms with Crippen molar-refractivity contribution in [1.29, 1.82) is 0 Å². The SMILES string of the molecule is CC(C)(C)c1ccc(OCC(Cn2ccnc2[N+](=O)[O-])OC(=O)NC(=O)CSB2[B][B]2)cc1. The van der Waals surface area contributed by atoms with E-state index in [1.54, 1.807) is 0 Å². The first-order chi connectivity index (χ1) is 15.6. The van der Waals surface area contributed by atoms with Crippen LogP contribution >= 0.6 is 11.6 Å². The van der Waals surface area contributed by atoms with E-state index in [-0.39, 0.29) is 36.0 Å². The maximum Gasteiger partial charge on any atom is 0.434 e. The fraction of sp³-hybridized carbons (Fsp3) is 0.421. The van der Waals surface area contributed by atoms with E-state index in [0.29, 0.717) is 5.75 Å². The van der Waals surface area contributed by atoms with Crippen LogP contribution in [-0.2, 0) is 21.5 Å². The maximum atomic E-state index is 12.2. The molecule has 14 heteroatoms. The van der Waals surface area contributed by atoms with Crippen LogP contribution in [0.4, 0.5) is 10.7 Å². The highest BCUT2D eigenvalue weighted by molar-refractivity contribution is 8.44. The summed E-state index contributed by atoms with van der Waals surface area (Å²) in [4.78, 5) is 38.4. The van der Waals surface area contributed by atoms with Gasteiger partial charge in [-0.3, -0.25) is 10.1 Å². The Morgan fingerprint density at radius 2 is 2.00 bits per heavy atom. The minimum Gasteiger partial charge on any atom is -0.490 e. The van der Waals surface area contributed by atoms with Crippen molar-refractivity contribution in [2.24, 2.45) is 0 Å². The van der Waals surface area contributed by atoms with Crippen LogP contribution < -0.4 is 10.1 Å². The van der Waals surface area contributed by atoms with E-state index in [4.69, 9.17) is 9.47 Å². The fourth-order valence-electron chi connectivity index (χ4n) is 2.86. The normalized spacial score (nSPS) is 13.4. The summed E-state index contributed by atoms with van der Waals surface area (Å²) >= 11 is 1.39. The number of imide groups is 1. The molecule has 0 bridgehead atoms. The first-order valence-electron chi connectivity index (χ1n) is 10.3. The third kappa shape index (κ3) is 7.88. The van der Waals surface area contributed by atoms with Crippen LogP contribution in [0.1, 0.15) is 26.3 Å². The second-order valence-corrected chi connectivity index (χ2v) is 9.62. The second kappa shape index (κ2) is 10.8. The van der Waals surface area contributed by atoms with Crippen molar-refractivity contribution in [3.8, 4) is 5.75 Å². The van der Waals surface area contributed by atoms with Crippen molar-refractivity contribution in [3.63, 3.8) is 0 Å². The highest BCUT2D eigenvalue weighted by Gasteiger charge is 2.29. The largest absolute Gasteiger partial charge is 0.490 e. The zero-order valence-corrected chi connectivity index (χ0v) is 19.4. The van der Waals surface area contributed by atoms with Crippen molar-refractivity contribution in [2.45, 2.75) is 38.8 Å². The lowest BCUT2D eigenvalue weighted by Crippen LogP contribution is -2.38. The third-order valence-corrected chi connectivity index (χ3v) is 5.81.